The Balaban J connectivity index is 2.17. The number of nitrogens with zero attached hydrogens (tertiary/aromatic N) is 1. The molecule has 3 heteroatoms. The Hall–Kier alpha value is -0.750. The summed E-state index contributed by atoms with van der Waals surface area (Å²) in [5.74, 6) is 0. The summed E-state index contributed by atoms with van der Waals surface area (Å²) in [4.78, 5) is 0. The number of ether oxygens (including phenoxy) is 1. The molecular weight excluding hydrogens is 104 g/mol. The smallest absolute Gasteiger partial charge is 0.176 e. The highest BCUT2D eigenvalue weighted by atomic mass is 16.5. The highest BCUT2D eigenvalue weighted by molar-refractivity contribution is 4.78. The van der Waals surface area contributed by atoms with E-state index in [1.165, 1.54) is 0 Å². The zero-order valence-corrected chi connectivity index (χ0v) is 4.55. The monoisotopic (exact) mass is 112 g/mol. The Labute approximate surface area is 48.2 Å². The molecule has 1 aliphatic rings. The lowest BCUT2D eigenvalue weighted by Gasteiger charge is -1.99. The minimum absolute atomic E-state index is 0.278. The van der Waals surface area contributed by atoms with Crippen LogP contribution in [0.15, 0.2) is 0 Å². The van der Waals surface area contributed by atoms with E-state index in [1.807, 2.05) is 6.19 Å². The average Bonchev–Trinajstić information content (AvgIpc) is 2.19. The van der Waals surface area contributed by atoms with Gasteiger partial charge in [-0.15, -0.1) is 0 Å². The predicted octanol–water partition coefficient (Wildman–Crippen LogP) is -0.154. The summed E-state index contributed by atoms with van der Waals surface area (Å²) in [6.45, 7) is 1.48. The molecule has 0 bridgehead atoms. The third kappa shape index (κ3) is 1.11. The zero-order chi connectivity index (χ0) is 5.82. The van der Waals surface area contributed by atoms with Gasteiger partial charge in [-0.2, -0.15) is 5.26 Å². The van der Waals surface area contributed by atoms with Crippen LogP contribution in [0, 0.1) is 11.5 Å². The van der Waals surface area contributed by atoms with Crippen LogP contribution in [0.5, 0.6) is 0 Å². The standard InChI is InChI=1S/C5H8N2O/c6-4-7-5-1-2-8-3-5/h5,7H,1-3H2. The van der Waals surface area contributed by atoms with E-state index in [9.17, 15) is 0 Å². The highest BCUT2D eigenvalue weighted by Gasteiger charge is 2.13. The number of hydrogen-bond acceptors (Lipinski definition) is 3. The predicted molar refractivity (Wildman–Crippen MR) is 28.0 cm³/mol. The number of nitrogens with one attached hydrogen (secondary N) is 1. The van der Waals surface area contributed by atoms with E-state index < -0.39 is 0 Å². The van der Waals surface area contributed by atoms with Crippen molar-refractivity contribution in [1.82, 2.24) is 5.32 Å². The van der Waals surface area contributed by atoms with E-state index in [-0.39, 0.29) is 6.04 Å². The molecule has 1 N–H and O–H groups in total. The maximum absolute atomic E-state index is 8.11. The van der Waals surface area contributed by atoms with Gasteiger partial charge >= 0.3 is 0 Å². The number of hydrogen-bond donors (Lipinski definition) is 1. The van der Waals surface area contributed by atoms with Crippen LogP contribution in [0.3, 0.4) is 0 Å². The van der Waals surface area contributed by atoms with Crippen molar-refractivity contribution in [3.63, 3.8) is 0 Å². The molecule has 1 atom stereocenters. The minimum atomic E-state index is 0.278. The van der Waals surface area contributed by atoms with E-state index in [4.69, 9.17) is 10.00 Å². The first-order chi connectivity index (χ1) is 3.93. The summed E-state index contributed by atoms with van der Waals surface area (Å²) in [6.07, 6.45) is 2.85. The molecule has 0 aromatic rings. The summed E-state index contributed by atoms with van der Waals surface area (Å²) < 4.78 is 5.00. The van der Waals surface area contributed by atoms with Gasteiger partial charge in [0.05, 0.1) is 12.6 Å². The van der Waals surface area contributed by atoms with Crippen molar-refractivity contribution >= 4 is 0 Å². The topological polar surface area (TPSA) is 45.0 Å². The van der Waals surface area contributed by atoms with Gasteiger partial charge in [-0.3, -0.25) is 0 Å². The second-order valence-corrected chi connectivity index (χ2v) is 1.82. The molecule has 1 saturated heterocycles. The summed E-state index contributed by atoms with van der Waals surface area (Å²) in [6, 6.07) is 0.278. The van der Waals surface area contributed by atoms with Crippen LogP contribution in [0.25, 0.3) is 0 Å². The first-order valence-corrected chi connectivity index (χ1v) is 2.66. The molecule has 44 valence electrons. The van der Waals surface area contributed by atoms with Crippen LogP contribution < -0.4 is 5.32 Å². The van der Waals surface area contributed by atoms with Crippen molar-refractivity contribution in [2.45, 2.75) is 12.5 Å². The Kier molecular flexibility index (Phi) is 1.70. The van der Waals surface area contributed by atoms with Gasteiger partial charge < -0.3 is 10.1 Å². The third-order valence-electron chi connectivity index (χ3n) is 1.20. The van der Waals surface area contributed by atoms with E-state index in [0.29, 0.717) is 6.61 Å². The van der Waals surface area contributed by atoms with E-state index >= 15 is 0 Å². The fourth-order valence-corrected chi connectivity index (χ4v) is 0.740. The molecule has 1 fully saturated rings. The van der Waals surface area contributed by atoms with Crippen LogP contribution in [0.1, 0.15) is 6.42 Å². The quantitative estimate of drug-likeness (QED) is 0.379. The van der Waals surface area contributed by atoms with Gasteiger partial charge in [-0.1, -0.05) is 0 Å². The summed E-state index contributed by atoms with van der Waals surface area (Å²) in [7, 11) is 0. The Morgan fingerprint density at radius 2 is 2.62 bits per heavy atom. The fraction of sp³-hybridized carbons (Fsp3) is 0.800. The van der Waals surface area contributed by atoms with Gasteiger partial charge in [0.2, 0.25) is 0 Å². The molecule has 3 nitrogen and oxygen atoms in total. The van der Waals surface area contributed by atoms with Crippen molar-refractivity contribution in [1.29, 1.82) is 5.26 Å². The Morgan fingerprint density at radius 3 is 3.12 bits per heavy atom. The molecule has 0 aromatic carbocycles. The fourth-order valence-electron chi connectivity index (χ4n) is 0.740. The van der Waals surface area contributed by atoms with Gasteiger partial charge in [0.1, 0.15) is 0 Å². The summed E-state index contributed by atoms with van der Waals surface area (Å²) >= 11 is 0. The second-order valence-electron chi connectivity index (χ2n) is 1.82. The van der Waals surface area contributed by atoms with E-state index in [1.54, 1.807) is 0 Å². The van der Waals surface area contributed by atoms with Gasteiger partial charge in [-0.25, -0.2) is 0 Å². The first kappa shape index (κ1) is 5.39. The molecule has 8 heavy (non-hydrogen) atoms. The Bertz CT molecular complexity index is 101. The molecule has 0 saturated carbocycles. The minimum Gasteiger partial charge on any atom is -0.379 e. The van der Waals surface area contributed by atoms with Crippen LogP contribution in [0.2, 0.25) is 0 Å². The summed E-state index contributed by atoms with van der Waals surface area (Å²) in [5, 5.41) is 10.7. The van der Waals surface area contributed by atoms with E-state index in [2.05, 4.69) is 5.32 Å². The van der Waals surface area contributed by atoms with Gasteiger partial charge in [0.25, 0.3) is 0 Å². The van der Waals surface area contributed by atoms with Crippen molar-refractivity contribution in [2.24, 2.45) is 0 Å². The molecule has 0 aliphatic carbocycles. The molecule has 0 amide bonds. The molecule has 1 heterocycles. The third-order valence-corrected chi connectivity index (χ3v) is 1.20. The molecule has 1 unspecified atom stereocenters. The van der Waals surface area contributed by atoms with Crippen molar-refractivity contribution in [2.75, 3.05) is 13.2 Å². The maximum Gasteiger partial charge on any atom is 0.176 e. The molecule has 0 aromatic heterocycles. The van der Waals surface area contributed by atoms with Gasteiger partial charge in [0, 0.05) is 6.61 Å². The second kappa shape index (κ2) is 2.53. The number of rotatable bonds is 1. The van der Waals surface area contributed by atoms with Crippen molar-refractivity contribution < 1.29 is 4.74 Å². The molecular formula is C5H8N2O. The molecule has 0 radical (unpaired) electrons. The SMILES string of the molecule is N#CNC1CCOC1. The first-order valence-electron chi connectivity index (χ1n) is 2.66. The van der Waals surface area contributed by atoms with Crippen molar-refractivity contribution in [3.8, 4) is 6.19 Å². The van der Waals surface area contributed by atoms with Crippen LogP contribution >= 0.6 is 0 Å². The summed E-state index contributed by atoms with van der Waals surface area (Å²) in [5.41, 5.74) is 0. The molecule has 1 rings (SSSR count). The molecule has 0 spiro atoms. The largest absolute Gasteiger partial charge is 0.379 e. The lowest BCUT2D eigenvalue weighted by atomic mass is 10.3. The van der Waals surface area contributed by atoms with Crippen molar-refractivity contribution in [3.05, 3.63) is 0 Å². The average molecular weight is 112 g/mol. The highest BCUT2D eigenvalue weighted by Crippen LogP contribution is 2.01. The maximum atomic E-state index is 8.11. The normalized spacial score (nSPS) is 27.1. The Morgan fingerprint density at radius 1 is 1.75 bits per heavy atom. The van der Waals surface area contributed by atoms with E-state index in [0.717, 1.165) is 13.0 Å². The zero-order valence-electron chi connectivity index (χ0n) is 4.55. The van der Waals surface area contributed by atoms with Crippen LogP contribution in [-0.2, 0) is 4.74 Å². The lowest BCUT2D eigenvalue weighted by molar-refractivity contribution is 0.192. The van der Waals surface area contributed by atoms with Gasteiger partial charge in [0.15, 0.2) is 6.19 Å². The number of nitriles is 1. The van der Waals surface area contributed by atoms with Crippen LogP contribution in [-0.4, -0.2) is 19.3 Å². The van der Waals surface area contributed by atoms with Crippen LogP contribution in [0.4, 0.5) is 0 Å². The lowest BCUT2D eigenvalue weighted by Crippen LogP contribution is -2.23. The van der Waals surface area contributed by atoms with Gasteiger partial charge in [-0.05, 0) is 6.42 Å². The molecule has 1 aliphatic heterocycles.